The summed E-state index contributed by atoms with van der Waals surface area (Å²) in [7, 11) is 1.59. The number of ether oxygens (including phenoxy) is 1. The minimum absolute atomic E-state index is 0.0494. The second-order valence-corrected chi connectivity index (χ2v) is 6.54. The van der Waals surface area contributed by atoms with Crippen LogP contribution in [0.25, 0.3) is 6.08 Å². The Kier molecular flexibility index (Phi) is 5.09. The van der Waals surface area contributed by atoms with Crippen LogP contribution in [0.2, 0.25) is 0 Å². The highest BCUT2D eigenvalue weighted by atomic mass is 16.6. The summed E-state index contributed by atoms with van der Waals surface area (Å²) < 4.78 is 5.18. The maximum Gasteiger partial charge on any atom is 0.281 e. The zero-order valence-electron chi connectivity index (χ0n) is 16.1. The fourth-order valence-corrected chi connectivity index (χ4v) is 3.11. The van der Waals surface area contributed by atoms with Crippen LogP contribution in [0.5, 0.6) is 5.75 Å². The van der Waals surface area contributed by atoms with E-state index in [2.05, 4.69) is 5.10 Å². The lowest BCUT2D eigenvalue weighted by Gasteiger charge is -2.11. The average Bonchev–Trinajstić information content (AvgIpc) is 3.11. The Labute approximate surface area is 172 Å². The van der Waals surface area contributed by atoms with E-state index >= 15 is 0 Å². The number of methoxy groups -OCH3 is 1. The second-order valence-electron chi connectivity index (χ2n) is 6.54. The van der Waals surface area contributed by atoms with Crippen molar-refractivity contribution in [2.24, 2.45) is 5.10 Å². The SMILES string of the molecule is COc1ccc(/C=C2\C(=O)N(c3ccc([N+](=O)[O-])cc3)N=C2c2ccccc2)cc1. The summed E-state index contributed by atoms with van der Waals surface area (Å²) in [5.41, 5.74) is 3.01. The first-order valence-electron chi connectivity index (χ1n) is 9.16. The monoisotopic (exact) mass is 399 g/mol. The number of rotatable bonds is 5. The molecule has 0 bridgehead atoms. The van der Waals surface area contributed by atoms with Crippen LogP contribution in [0.1, 0.15) is 11.1 Å². The molecule has 1 aliphatic rings. The number of carbonyl (C=O) groups is 1. The van der Waals surface area contributed by atoms with Gasteiger partial charge < -0.3 is 4.74 Å². The van der Waals surface area contributed by atoms with Crippen LogP contribution in [-0.4, -0.2) is 23.7 Å². The second kappa shape index (κ2) is 8.00. The van der Waals surface area contributed by atoms with Crippen molar-refractivity contribution in [2.45, 2.75) is 0 Å². The minimum atomic E-state index is -0.483. The number of hydrogen-bond donors (Lipinski definition) is 0. The molecule has 1 heterocycles. The molecular weight excluding hydrogens is 382 g/mol. The van der Waals surface area contributed by atoms with Crippen LogP contribution in [0, 0.1) is 10.1 Å². The van der Waals surface area contributed by atoms with E-state index in [1.165, 1.54) is 29.3 Å². The summed E-state index contributed by atoms with van der Waals surface area (Å²) in [6.45, 7) is 0. The third-order valence-corrected chi connectivity index (χ3v) is 4.66. The van der Waals surface area contributed by atoms with Crippen molar-refractivity contribution < 1.29 is 14.5 Å². The molecule has 0 saturated heterocycles. The minimum Gasteiger partial charge on any atom is -0.497 e. The molecule has 0 aliphatic carbocycles. The predicted molar refractivity (Wildman–Crippen MR) is 115 cm³/mol. The van der Waals surface area contributed by atoms with E-state index in [4.69, 9.17) is 4.74 Å². The van der Waals surface area contributed by atoms with Crippen LogP contribution in [-0.2, 0) is 4.79 Å². The number of non-ortho nitro benzene ring substituents is 1. The molecule has 0 atom stereocenters. The molecule has 0 unspecified atom stereocenters. The third-order valence-electron chi connectivity index (χ3n) is 4.66. The number of hydrogen-bond acceptors (Lipinski definition) is 5. The summed E-state index contributed by atoms with van der Waals surface area (Å²) >= 11 is 0. The Bertz CT molecular complexity index is 1150. The molecule has 3 aromatic carbocycles. The number of amides is 1. The smallest absolute Gasteiger partial charge is 0.281 e. The van der Waals surface area contributed by atoms with Gasteiger partial charge in [0.15, 0.2) is 0 Å². The molecule has 0 aromatic heterocycles. The molecule has 3 aromatic rings. The maximum absolute atomic E-state index is 13.2. The number of hydrazone groups is 1. The van der Waals surface area contributed by atoms with Crippen molar-refractivity contribution in [3.05, 3.63) is 106 Å². The van der Waals surface area contributed by atoms with Gasteiger partial charge in [-0.05, 0) is 35.9 Å². The van der Waals surface area contributed by atoms with Gasteiger partial charge in [-0.1, -0.05) is 42.5 Å². The molecule has 1 amide bonds. The average molecular weight is 399 g/mol. The van der Waals surface area contributed by atoms with Gasteiger partial charge in [-0.2, -0.15) is 10.1 Å². The number of nitrogens with zero attached hydrogens (tertiary/aromatic N) is 3. The Morgan fingerprint density at radius 2 is 1.63 bits per heavy atom. The Morgan fingerprint density at radius 3 is 2.23 bits per heavy atom. The summed E-state index contributed by atoms with van der Waals surface area (Å²) in [5, 5.41) is 16.7. The van der Waals surface area contributed by atoms with E-state index in [1.54, 1.807) is 13.2 Å². The van der Waals surface area contributed by atoms with Crippen LogP contribution in [0.4, 0.5) is 11.4 Å². The van der Waals surface area contributed by atoms with Crippen molar-refractivity contribution in [2.75, 3.05) is 12.1 Å². The predicted octanol–water partition coefficient (Wildman–Crippen LogP) is 4.44. The van der Waals surface area contributed by atoms with E-state index in [0.29, 0.717) is 17.0 Å². The first-order chi connectivity index (χ1) is 14.6. The van der Waals surface area contributed by atoms with Gasteiger partial charge in [0, 0.05) is 17.7 Å². The highest BCUT2D eigenvalue weighted by molar-refractivity contribution is 6.37. The molecule has 148 valence electrons. The quantitative estimate of drug-likeness (QED) is 0.361. The van der Waals surface area contributed by atoms with Crippen molar-refractivity contribution in [3.8, 4) is 5.75 Å². The third kappa shape index (κ3) is 3.68. The highest BCUT2D eigenvalue weighted by Crippen LogP contribution is 2.29. The highest BCUT2D eigenvalue weighted by Gasteiger charge is 2.32. The number of benzene rings is 3. The summed E-state index contributed by atoms with van der Waals surface area (Å²) in [6.07, 6.45) is 1.78. The van der Waals surface area contributed by atoms with Gasteiger partial charge in [0.1, 0.15) is 11.5 Å². The van der Waals surface area contributed by atoms with Gasteiger partial charge in [0.05, 0.1) is 23.3 Å². The summed E-state index contributed by atoms with van der Waals surface area (Å²) in [6, 6.07) is 22.5. The van der Waals surface area contributed by atoms with Crippen molar-refractivity contribution in [1.82, 2.24) is 0 Å². The molecule has 1 aliphatic heterocycles. The zero-order valence-corrected chi connectivity index (χ0v) is 16.1. The van der Waals surface area contributed by atoms with Crippen molar-refractivity contribution >= 4 is 29.1 Å². The normalized spacial score (nSPS) is 14.7. The Balaban J connectivity index is 1.76. The Morgan fingerprint density at radius 1 is 0.967 bits per heavy atom. The number of nitro benzene ring substituents is 1. The molecule has 7 heteroatoms. The molecule has 0 fully saturated rings. The standard InChI is InChI=1S/C23H17N3O4/c1-30-20-13-7-16(8-14-20)15-21-22(17-5-3-2-4-6-17)24-25(23(21)27)18-9-11-19(12-10-18)26(28)29/h2-15H,1H3/b21-15-. The van der Waals surface area contributed by atoms with E-state index in [9.17, 15) is 14.9 Å². The topological polar surface area (TPSA) is 85.0 Å². The van der Waals surface area contributed by atoms with Crippen LogP contribution in [0.3, 0.4) is 0 Å². The first-order valence-corrected chi connectivity index (χ1v) is 9.16. The fourth-order valence-electron chi connectivity index (χ4n) is 3.11. The first kappa shape index (κ1) is 19.1. The van der Waals surface area contributed by atoms with Gasteiger partial charge in [-0.25, -0.2) is 0 Å². The largest absolute Gasteiger partial charge is 0.497 e. The molecular formula is C23H17N3O4. The fraction of sp³-hybridized carbons (Fsp3) is 0.0435. The lowest BCUT2D eigenvalue weighted by atomic mass is 10.0. The zero-order chi connectivity index (χ0) is 21.1. The molecule has 7 nitrogen and oxygen atoms in total. The molecule has 4 rings (SSSR count). The molecule has 0 N–H and O–H groups in total. The molecule has 0 saturated carbocycles. The van der Waals surface area contributed by atoms with Gasteiger partial charge >= 0.3 is 0 Å². The van der Waals surface area contributed by atoms with Gasteiger partial charge in [-0.3, -0.25) is 14.9 Å². The molecule has 0 radical (unpaired) electrons. The van der Waals surface area contributed by atoms with Crippen molar-refractivity contribution in [1.29, 1.82) is 0 Å². The van der Waals surface area contributed by atoms with Crippen LogP contribution < -0.4 is 9.75 Å². The van der Waals surface area contributed by atoms with Gasteiger partial charge in [0.25, 0.3) is 11.6 Å². The number of anilines is 1. The van der Waals surface area contributed by atoms with Crippen molar-refractivity contribution in [3.63, 3.8) is 0 Å². The summed E-state index contributed by atoms with van der Waals surface area (Å²) in [5.74, 6) is 0.415. The molecule has 30 heavy (non-hydrogen) atoms. The van der Waals surface area contributed by atoms with Crippen LogP contribution in [0.15, 0.2) is 89.5 Å². The maximum atomic E-state index is 13.2. The van der Waals surface area contributed by atoms with E-state index in [1.807, 2.05) is 54.6 Å². The lowest BCUT2D eigenvalue weighted by Crippen LogP contribution is -2.21. The number of carbonyl (C=O) groups excluding carboxylic acids is 1. The number of nitro groups is 1. The van der Waals surface area contributed by atoms with Crippen LogP contribution >= 0.6 is 0 Å². The lowest BCUT2D eigenvalue weighted by molar-refractivity contribution is -0.384. The summed E-state index contributed by atoms with van der Waals surface area (Å²) in [4.78, 5) is 23.7. The van der Waals surface area contributed by atoms with E-state index < -0.39 is 4.92 Å². The molecule has 0 spiro atoms. The van der Waals surface area contributed by atoms with E-state index in [0.717, 1.165) is 16.9 Å². The Hall–Kier alpha value is -4.26. The van der Waals surface area contributed by atoms with Gasteiger partial charge in [0.2, 0.25) is 0 Å². The van der Waals surface area contributed by atoms with Gasteiger partial charge in [-0.15, -0.1) is 0 Å². The van der Waals surface area contributed by atoms with E-state index in [-0.39, 0.29) is 11.6 Å².